The number of aliphatic hydroxyl groups excluding tert-OH is 1. The fourth-order valence-corrected chi connectivity index (χ4v) is 2.75. The van der Waals surface area contributed by atoms with Crippen molar-refractivity contribution in [3.63, 3.8) is 0 Å². The Labute approximate surface area is 116 Å². The van der Waals surface area contributed by atoms with Gasteiger partial charge in [-0.15, -0.1) is 0 Å². The fraction of sp³-hybridized carbons (Fsp3) is 0.250. The third kappa shape index (κ3) is 2.91. The number of aromatic nitrogens is 1. The Hall–Kier alpha value is -1.11. The summed E-state index contributed by atoms with van der Waals surface area (Å²) in [4.78, 5) is 3.29. The first kappa shape index (κ1) is 14.3. The standard InChI is InChI=1S/C12H9ClF3NOS/c1-6-4-19-5-8(6)10(18)7-2-3-9(12(14,15)16)17-11(7)13/h2-5,10,18H,1H3. The molecule has 2 heterocycles. The van der Waals surface area contributed by atoms with E-state index in [0.717, 1.165) is 17.7 Å². The van der Waals surface area contributed by atoms with Gasteiger partial charge >= 0.3 is 6.18 Å². The molecule has 0 aromatic carbocycles. The predicted molar refractivity (Wildman–Crippen MR) is 67.4 cm³/mol. The average molecular weight is 308 g/mol. The maximum Gasteiger partial charge on any atom is 0.433 e. The summed E-state index contributed by atoms with van der Waals surface area (Å²) in [6, 6.07) is 1.96. The lowest BCUT2D eigenvalue weighted by atomic mass is 10.0. The van der Waals surface area contributed by atoms with Crippen molar-refractivity contribution in [2.24, 2.45) is 0 Å². The molecular formula is C12H9ClF3NOS. The molecule has 102 valence electrons. The summed E-state index contributed by atoms with van der Waals surface area (Å²) in [5, 5.41) is 13.4. The Bertz CT molecular complexity index is 597. The van der Waals surface area contributed by atoms with Crippen molar-refractivity contribution in [1.82, 2.24) is 4.98 Å². The second-order valence-electron chi connectivity index (χ2n) is 3.99. The van der Waals surface area contributed by atoms with Crippen LogP contribution in [0.1, 0.15) is 28.5 Å². The molecule has 0 radical (unpaired) electrons. The van der Waals surface area contributed by atoms with Crippen molar-refractivity contribution < 1.29 is 18.3 Å². The molecule has 0 bridgehead atoms. The lowest BCUT2D eigenvalue weighted by molar-refractivity contribution is -0.141. The second kappa shape index (κ2) is 5.11. The Balaban J connectivity index is 2.39. The predicted octanol–water partition coefficient (Wildman–Crippen LogP) is 4.21. The molecule has 0 aliphatic rings. The number of halogens is 4. The van der Waals surface area contributed by atoms with Crippen LogP contribution in [0.25, 0.3) is 0 Å². The third-order valence-corrected chi connectivity index (χ3v) is 3.83. The highest BCUT2D eigenvalue weighted by Crippen LogP contribution is 2.34. The maximum absolute atomic E-state index is 12.5. The third-order valence-electron chi connectivity index (χ3n) is 2.65. The highest BCUT2D eigenvalue weighted by molar-refractivity contribution is 7.08. The van der Waals surface area contributed by atoms with Gasteiger partial charge in [-0.25, -0.2) is 4.98 Å². The molecule has 2 nitrogen and oxygen atoms in total. The van der Waals surface area contributed by atoms with E-state index in [9.17, 15) is 18.3 Å². The zero-order valence-electron chi connectivity index (χ0n) is 9.70. The Morgan fingerprint density at radius 3 is 2.42 bits per heavy atom. The van der Waals surface area contributed by atoms with E-state index in [4.69, 9.17) is 11.6 Å². The number of hydrogen-bond acceptors (Lipinski definition) is 3. The molecule has 7 heteroatoms. The lowest BCUT2D eigenvalue weighted by Gasteiger charge is -2.14. The second-order valence-corrected chi connectivity index (χ2v) is 5.09. The van der Waals surface area contributed by atoms with Crippen LogP contribution in [0, 0.1) is 6.92 Å². The SMILES string of the molecule is Cc1cscc1C(O)c1ccc(C(F)(F)F)nc1Cl. The number of pyridine rings is 1. The van der Waals surface area contributed by atoms with Gasteiger partial charge in [-0.3, -0.25) is 0 Å². The van der Waals surface area contributed by atoms with Crippen LogP contribution in [-0.4, -0.2) is 10.1 Å². The van der Waals surface area contributed by atoms with Crippen LogP contribution in [0.5, 0.6) is 0 Å². The topological polar surface area (TPSA) is 33.1 Å². The first-order chi connectivity index (χ1) is 8.80. The minimum atomic E-state index is -4.55. The van der Waals surface area contributed by atoms with Crippen molar-refractivity contribution in [2.75, 3.05) is 0 Å². The van der Waals surface area contributed by atoms with Gasteiger partial charge in [-0.2, -0.15) is 24.5 Å². The van der Waals surface area contributed by atoms with E-state index in [-0.39, 0.29) is 10.7 Å². The molecule has 0 fully saturated rings. The van der Waals surface area contributed by atoms with Gasteiger partial charge in [-0.1, -0.05) is 17.7 Å². The van der Waals surface area contributed by atoms with Gasteiger partial charge in [0.25, 0.3) is 0 Å². The normalized spacial score (nSPS) is 13.6. The van der Waals surface area contributed by atoms with Crippen LogP contribution in [0.15, 0.2) is 22.9 Å². The average Bonchev–Trinajstić information content (AvgIpc) is 2.73. The number of rotatable bonds is 2. The zero-order valence-corrected chi connectivity index (χ0v) is 11.3. The molecule has 19 heavy (non-hydrogen) atoms. The number of hydrogen-bond donors (Lipinski definition) is 1. The van der Waals surface area contributed by atoms with E-state index >= 15 is 0 Å². The molecule has 2 aromatic heterocycles. The van der Waals surface area contributed by atoms with E-state index in [1.54, 1.807) is 12.3 Å². The summed E-state index contributed by atoms with van der Waals surface area (Å²) in [5.41, 5.74) is 0.564. The molecule has 0 amide bonds. The van der Waals surface area contributed by atoms with Gasteiger partial charge in [0.05, 0.1) is 0 Å². The van der Waals surface area contributed by atoms with Crippen LogP contribution < -0.4 is 0 Å². The Morgan fingerprint density at radius 1 is 1.26 bits per heavy atom. The van der Waals surface area contributed by atoms with Crippen molar-refractivity contribution in [1.29, 1.82) is 0 Å². The summed E-state index contributed by atoms with van der Waals surface area (Å²) >= 11 is 7.13. The zero-order chi connectivity index (χ0) is 14.2. The minimum absolute atomic E-state index is 0.163. The number of aryl methyl sites for hydroxylation is 1. The molecule has 0 spiro atoms. The summed E-state index contributed by atoms with van der Waals surface area (Å²) in [6.07, 6.45) is -5.63. The van der Waals surface area contributed by atoms with E-state index in [1.807, 2.05) is 5.38 Å². The van der Waals surface area contributed by atoms with Gasteiger partial charge < -0.3 is 5.11 Å². The molecule has 0 saturated carbocycles. The molecular weight excluding hydrogens is 299 g/mol. The van der Waals surface area contributed by atoms with Gasteiger partial charge in [0.2, 0.25) is 0 Å². The first-order valence-corrected chi connectivity index (χ1v) is 6.57. The largest absolute Gasteiger partial charge is 0.433 e. The molecule has 2 aromatic rings. The van der Waals surface area contributed by atoms with E-state index in [2.05, 4.69) is 4.98 Å². The first-order valence-electron chi connectivity index (χ1n) is 5.25. The van der Waals surface area contributed by atoms with Gasteiger partial charge in [0.1, 0.15) is 17.0 Å². The van der Waals surface area contributed by atoms with Crippen LogP contribution >= 0.6 is 22.9 Å². The molecule has 2 rings (SSSR count). The van der Waals surface area contributed by atoms with Gasteiger partial charge in [-0.05, 0) is 34.9 Å². The lowest BCUT2D eigenvalue weighted by Crippen LogP contribution is -2.10. The molecule has 1 unspecified atom stereocenters. The van der Waals surface area contributed by atoms with Crippen molar-refractivity contribution in [2.45, 2.75) is 19.2 Å². The van der Waals surface area contributed by atoms with E-state index in [1.165, 1.54) is 11.3 Å². The van der Waals surface area contributed by atoms with Crippen molar-refractivity contribution in [3.05, 3.63) is 50.4 Å². The van der Waals surface area contributed by atoms with E-state index in [0.29, 0.717) is 5.56 Å². The highest BCUT2D eigenvalue weighted by Gasteiger charge is 2.33. The quantitative estimate of drug-likeness (QED) is 0.843. The molecule has 1 atom stereocenters. The van der Waals surface area contributed by atoms with Crippen molar-refractivity contribution in [3.8, 4) is 0 Å². The smallest absolute Gasteiger partial charge is 0.384 e. The minimum Gasteiger partial charge on any atom is -0.384 e. The van der Waals surface area contributed by atoms with Gasteiger partial charge in [0.15, 0.2) is 0 Å². The monoisotopic (exact) mass is 307 g/mol. The number of aliphatic hydroxyl groups is 1. The molecule has 0 saturated heterocycles. The van der Waals surface area contributed by atoms with E-state index < -0.39 is 18.0 Å². The maximum atomic E-state index is 12.5. The Kier molecular flexibility index (Phi) is 3.85. The summed E-state index contributed by atoms with van der Waals surface area (Å²) < 4.78 is 37.4. The van der Waals surface area contributed by atoms with Crippen LogP contribution in [0.2, 0.25) is 5.15 Å². The molecule has 0 aliphatic carbocycles. The van der Waals surface area contributed by atoms with Crippen LogP contribution in [0.3, 0.4) is 0 Å². The van der Waals surface area contributed by atoms with Crippen LogP contribution in [0.4, 0.5) is 13.2 Å². The number of thiophene rings is 1. The molecule has 0 aliphatic heterocycles. The Morgan fingerprint density at radius 2 is 1.95 bits per heavy atom. The van der Waals surface area contributed by atoms with Crippen LogP contribution in [-0.2, 0) is 6.18 Å². The van der Waals surface area contributed by atoms with Crippen molar-refractivity contribution >= 4 is 22.9 Å². The summed E-state index contributed by atoms with van der Waals surface area (Å²) in [7, 11) is 0. The fourth-order valence-electron chi connectivity index (χ4n) is 1.62. The molecule has 1 N–H and O–H groups in total. The highest BCUT2D eigenvalue weighted by atomic mass is 35.5. The summed E-state index contributed by atoms with van der Waals surface area (Å²) in [5.74, 6) is 0. The number of alkyl halides is 3. The summed E-state index contributed by atoms with van der Waals surface area (Å²) in [6.45, 7) is 1.81. The van der Waals surface area contributed by atoms with Gasteiger partial charge in [0, 0.05) is 5.56 Å². The number of nitrogens with zero attached hydrogens (tertiary/aromatic N) is 1.